The molecule has 15 heavy (non-hydrogen) atoms. The van der Waals surface area contributed by atoms with E-state index in [1.54, 1.807) is 0 Å². The largest absolute Gasteiger partial charge is 0.376 e. The Hall–Kier alpha value is -0.120. The van der Waals surface area contributed by atoms with Crippen LogP contribution in [0.25, 0.3) is 0 Å². The van der Waals surface area contributed by atoms with Crippen molar-refractivity contribution in [3.8, 4) is 0 Å². The van der Waals surface area contributed by atoms with E-state index in [2.05, 4.69) is 18.7 Å². The molecule has 90 valence electrons. The van der Waals surface area contributed by atoms with E-state index in [1.165, 1.54) is 19.4 Å². The monoisotopic (exact) mass is 214 g/mol. The highest BCUT2D eigenvalue weighted by Crippen LogP contribution is 2.10. The minimum Gasteiger partial charge on any atom is -0.376 e. The number of morpholine rings is 1. The second kappa shape index (κ2) is 7.20. The standard InChI is InChI=1S/C12H26N2O/c1-3-12-10-14(7-8-15-12)6-4-5-11(2)9-13/h11-12H,3-10,13H2,1-2H3. The van der Waals surface area contributed by atoms with Crippen LogP contribution in [-0.4, -0.2) is 43.8 Å². The molecule has 1 heterocycles. The maximum absolute atomic E-state index is 5.64. The lowest BCUT2D eigenvalue weighted by Gasteiger charge is -2.32. The molecule has 1 aliphatic rings. The van der Waals surface area contributed by atoms with Crippen LogP contribution in [0.3, 0.4) is 0 Å². The number of nitrogens with zero attached hydrogens (tertiary/aromatic N) is 1. The summed E-state index contributed by atoms with van der Waals surface area (Å²) in [5.41, 5.74) is 5.60. The molecule has 3 heteroatoms. The summed E-state index contributed by atoms with van der Waals surface area (Å²) in [5, 5.41) is 0. The van der Waals surface area contributed by atoms with Crippen LogP contribution in [0.15, 0.2) is 0 Å². The molecule has 0 saturated carbocycles. The first-order valence-corrected chi connectivity index (χ1v) is 6.30. The quantitative estimate of drug-likeness (QED) is 0.728. The van der Waals surface area contributed by atoms with Gasteiger partial charge in [-0.2, -0.15) is 0 Å². The van der Waals surface area contributed by atoms with Crippen LogP contribution in [-0.2, 0) is 4.74 Å². The van der Waals surface area contributed by atoms with Crippen molar-refractivity contribution >= 4 is 0 Å². The normalized spacial score (nSPS) is 25.4. The van der Waals surface area contributed by atoms with Gasteiger partial charge in [-0.1, -0.05) is 13.8 Å². The Morgan fingerprint density at radius 2 is 2.33 bits per heavy atom. The van der Waals surface area contributed by atoms with Gasteiger partial charge in [0.15, 0.2) is 0 Å². The Morgan fingerprint density at radius 1 is 1.53 bits per heavy atom. The van der Waals surface area contributed by atoms with Gasteiger partial charge >= 0.3 is 0 Å². The molecular weight excluding hydrogens is 188 g/mol. The second-order valence-corrected chi connectivity index (χ2v) is 4.68. The summed E-state index contributed by atoms with van der Waals surface area (Å²) < 4.78 is 5.64. The lowest BCUT2D eigenvalue weighted by molar-refractivity contribution is -0.0301. The van der Waals surface area contributed by atoms with E-state index in [4.69, 9.17) is 10.5 Å². The summed E-state index contributed by atoms with van der Waals surface area (Å²) in [4.78, 5) is 2.53. The zero-order valence-corrected chi connectivity index (χ0v) is 10.2. The maximum atomic E-state index is 5.64. The molecule has 0 radical (unpaired) electrons. The molecule has 2 atom stereocenters. The highest BCUT2D eigenvalue weighted by molar-refractivity contribution is 4.70. The van der Waals surface area contributed by atoms with Crippen molar-refractivity contribution < 1.29 is 4.74 Å². The van der Waals surface area contributed by atoms with Gasteiger partial charge in [0.05, 0.1) is 12.7 Å². The fraction of sp³-hybridized carbons (Fsp3) is 1.00. The van der Waals surface area contributed by atoms with Crippen molar-refractivity contribution in [1.29, 1.82) is 0 Å². The van der Waals surface area contributed by atoms with Crippen molar-refractivity contribution in [2.45, 2.75) is 39.2 Å². The highest BCUT2D eigenvalue weighted by Gasteiger charge is 2.18. The molecule has 2 N–H and O–H groups in total. The molecule has 0 aliphatic carbocycles. The zero-order valence-electron chi connectivity index (χ0n) is 10.2. The zero-order chi connectivity index (χ0) is 11.1. The van der Waals surface area contributed by atoms with Gasteiger partial charge in [0.25, 0.3) is 0 Å². The van der Waals surface area contributed by atoms with Gasteiger partial charge in [-0.05, 0) is 38.3 Å². The first-order chi connectivity index (χ1) is 7.26. The number of hydrogen-bond donors (Lipinski definition) is 1. The molecule has 0 aromatic carbocycles. The topological polar surface area (TPSA) is 38.5 Å². The van der Waals surface area contributed by atoms with E-state index < -0.39 is 0 Å². The second-order valence-electron chi connectivity index (χ2n) is 4.68. The van der Waals surface area contributed by atoms with Crippen molar-refractivity contribution in [2.24, 2.45) is 11.7 Å². The summed E-state index contributed by atoms with van der Waals surface area (Å²) in [6.07, 6.45) is 4.13. The van der Waals surface area contributed by atoms with Crippen molar-refractivity contribution in [2.75, 3.05) is 32.8 Å². The van der Waals surface area contributed by atoms with E-state index in [9.17, 15) is 0 Å². The third-order valence-corrected chi connectivity index (χ3v) is 3.25. The van der Waals surface area contributed by atoms with Crippen LogP contribution in [0.1, 0.15) is 33.1 Å². The molecule has 1 rings (SSSR count). The molecule has 0 aromatic rings. The van der Waals surface area contributed by atoms with Crippen molar-refractivity contribution in [1.82, 2.24) is 4.90 Å². The van der Waals surface area contributed by atoms with Gasteiger partial charge < -0.3 is 10.5 Å². The third kappa shape index (κ3) is 4.96. The van der Waals surface area contributed by atoms with E-state index >= 15 is 0 Å². The molecule has 3 nitrogen and oxygen atoms in total. The third-order valence-electron chi connectivity index (χ3n) is 3.25. The number of ether oxygens (including phenoxy) is 1. The lowest BCUT2D eigenvalue weighted by Crippen LogP contribution is -2.42. The molecular formula is C12H26N2O. The Balaban J connectivity index is 2.10. The molecule has 2 unspecified atom stereocenters. The van der Waals surface area contributed by atoms with Crippen LogP contribution < -0.4 is 5.73 Å². The highest BCUT2D eigenvalue weighted by atomic mass is 16.5. The van der Waals surface area contributed by atoms with Crippen molar-refractivity contribution in [3.05, 3.63) is 0 Å². The van der Waals surface area contributed by atoms with Gasteiger partial charge in [0.1, 0.15) is 0 Å². The van der Waals surface area contributed by atoms with Gasteiger partial charge in [-0.25, -0.2) is 0 Å². The fourth-order valence-electron chi connectivity index (χ4n) is 2.01. The molecule has 1 fully saturated rings. The minimum atomic E-state index is 0.464. The minimum absolute atomic E-state index is 0.464. The molecule has 1 saturated heterocycles. The van der Waals surface area contributed by atoms with Crippen LogP contribution in [0.5, 0.6) is 0 Å². The molecule has 0 amide bonds. The van der Waals surface area contributed by atoms with E-state index in [0.717, 1.165) is 32.7 Å². The summed E-state index contributed by atoms with van der Waals surface area (Å²) in [5.74, 6) is 0.674. The SMILES string of the molecule is CCC1CN(CCCC(C)CN)CCO1. The first kappa shape index (κ1) is 12.9. The summed E-state index contributed by atoms with van der Waals surface area (Å²) in [7, 11) is 0. The van der Waals surface area contributed by atoms with Gasteiger partial charge in [-0.15, -0.1) is 0 Å². The molecule has 1 aliphatic heterocycles. The van der Waals surface area contributed by atoms with Crippen LogP contribution in [0.2, 0.25) is 0 Å². The smallest absolute Gasteiger partial charge is 0.0700 e. The molecule has 0 spiro atoms. The number of hydrogen-bond acceptors (Lipinski definition) is 3. The Labute approximate surface area is 94.0 Å². The predicted molar refractivity (Wildman–Crippen MR) is 63.9 cm³/mol. The van der Waals surface area contributed by atoms with E-state index in [1.807, 2.05) is 0 Å². The average molecular weight is 214 g/mol. The molecule has 0 bridgehead atoms. The fourth-order valence-corrected chi connectivity index (χ4v) is 2.01. The van der Waals surface area contributed by atoms with E-state index in [0.29, 0.717) is 12.0 Å². The Morgan fingerprint density at radius 3 is 3.00 bits per heavy atom. The number of rotatable bonds is 6. The lowest BCUT2D eigenvalue weighted by atomic mass is 10.1. The first-order valence-electron chi connectivity index (χ1n) is 6.30. The number of nitrogens with two attached hydrogens (primary N) is 1. The van der Waals surface area contributed by atoms with Crippen LogP contribution >= 0.6 is 0 Å². The van der Waals surface area contributed by atoms with Gasteiger partial charge in [0, 0.05) is 13.1 Å². The Kier molecular flexibility index (Phi) is 6.22. The van der Waals surface area contributed by atoms with Gasteiger partial charge in [0.2, 0.25) is 0 Å². The maximum Gasteiger partial charge on any atom is 0.0700 e. The average Bonchev–Trinajstić information content (AvgIpc) is 2.29. The van der Waals surface area contributed by atoms with E-state index in [-0.39, 0.29) is 0 Å². The molecule has 0 aromatic heterocycles. The van der Waals surface area contributed by atoms with Crippen molar-refractivity contribution in [3.63, 3.8) is 0 Å². The van der Waals surface area contributed by atoms with Crippen LogP contribution in [0, 0.1) is 5.92 Å². The Bertz CT molecular complexity index is 164. The summed E-state index contributed by atoms with van der Waals surface area (Å²) >= 11 is 0. The predicted octanol–water partition coefficient (Wildman–Crippen LogP) is 1.47. The summed E-state index contributed by atoms with van der Waals surface area (Å²) in [6, 6.07) is 0. The van der Waals surface area contributed by atoms with Crippen LogP contribution in [0.4, 0.5) is 0 Å². The van der Waals surface area contributed by atoms with Gasteiger partial charge in [-0.3, -0.25) is 4.90 Å². The summed E-state index contributed by atoms with van der Waals surface area (Å²) in [6.45, 7) is 9.59.